The van der Waals surface area contributed by atoms with Gasteiger partial charge in [-0.25, -0.2) is 4.39 Å². The van der Waals surface area contributed by atoms with Crippen LogP contribution in [0.15, 0.2) is 36.4 Å². The van der Waals surface area contributed by atoms with Crippen LogP contribution in [0.25, 0.3) is 11.1 Å². The number of halogens is 1. The normalized spacial score (nSPS) is 16.2. The summed E-state index contributed by atoms with van der Waals surface area (Å²) in [5.74, 6) is 0.908. The fourth-order valence-electron chi connectivity index (χ4n) is 2.76. The molecule has 118 valence electrons. The molecule has 22 heavy (non-hydrogen) atoms. The molecule has 1 atom stereocenters. The molecular formula is C18H22FNO2. The van der Waals surface area contributed by atoms with Crippen LogP contribution >= 0.6 is 0 Å². The zero-order valence-corrected chi connectivity index (χ0v) is 11.9. The minimum Gasteiger partial charge on any atom is -0.496 e. The molecule has 0 aliphatic carbocycles. The van der Waals surface area contributed by atoms with Gasteiger partial charge in [-0.1, -0.05) is 31.7 Å². The summed E-state index contributed by atoms with van der Waals surface area (Å²) in [4.78, 5) is 0. The van der Waals surface area contributed by atoms with E-state index in [9.17, 15) is 4.39 Å². The molecule has 4 heteroatoms. The number of hydrogen-bond donors (Lipinski definition) is 1. The molecule has 2 aromatic carbocycles. The molecule has 2 N–H and O–H groups in total. The molecule has 3 rings (SSSR count). The number of nitrogens with two attached hydrogens (primary N) is 1. The van der Waals surface area contributed by atoms with Crippen molar-refractivity contribution in [2.24, 2.45) is 5.73 Å². The van der Waals surface area contributed by atoms with Crippen LogP contribution in [0.2, 0.25) is 0 Å². The van der Waals surface area contributed by atoms with Gasteiger partial charge in [-0.2, -0.15) is 0 Å². The monoisotopic (exact) mass is 303 g/mol. The maximum atomic E-state index is 14.3. The summed E-state index contributed by atoms with van der Waals surface area (Å²) in [7, 11) is 1.54. The highest BCUT2D eigenvalue weighted by Gasteiger charge is 2.24. The Labute approximate surface area is 130 Å². The van der Waals surface area contributed by atoms with E-state index in [0.29, 0.717) is 17.9 Å². The summed E-state index contributed by atoms with van der Waals surface area (Å²) in [6, 6.07) is 10.6. The van der Waals surface area contributed by atoms with E-state index in [4.69, 9.17) is 15.2 Å². The second-order valence-electron chi connectivity index (χ2n) is 5.13. The first kappa shape index (κ1) is 16.3. The summed E-state index contributed by atoms with van der Waals surface area (Å²) in [6.45, 7) is 0.460. The van der Waals surface area contributed by atoms with Gasteiger partial charge in [-0.05, 0) is 30.5 Å². The first-order valence-corrected chi connectivity index (χ1v) is 7.06. The Morgan fingerprint density at radius 1 is 1.27 bits per heavy atom. The predicted octanol–water partition coefficient (Wildman–Crippen LogP) is 3.79. The van der Waals surface area contributed by atoms with Crippen LogP contribution in [0.5, 0.6) is 11.5 Å². The van der Waals surface area contributed by atoms with E-state index >= 15 is 0 Å². The van der Waals surface area contributed by atoms with Gasteiger partial charge in [0.25, 0.3) is 0 Å². The molecule has 0 aromatic heterocycles. The number of hydrogen-bond acceptors (Lipinski definition) is 3. The second-order valence-corrected chi connectivity index (χ2v) is 5.13. The van der Waals surface area contributed by atoms with Crippen LogP contribution in [-0.4, -0.2) is 19.8 Å². The Morgan fingerprint density at radius 2 is 2.05 bits per heavy atom. The lowest BCUT2D eigenvalue weighted by atomic mass is 9.95. The van der Waals surface area contributed by atoms with E-state index in [1.54, 1.807) is 12.1 Å². The molecule has 1 aliphatic heterocycles. The Kier molecular flexibility index (Phi) is 5.03. The summed E-state index contributed by atoms with van der Waals surface area (Å²) in [6.07, 6.45) is 1.76. The maximum absolute atomic E-state index is 14.3. The minimum absolute atomic E-state index is 0. The molecule has 0 saturated carbocycles. The SMILES string of the molecule is C.COc1cccc(F)c1-c1cccc2c1O[C@@H](CN)CC2. The Morgan fingerprint density at radius 3 is 2.77 bits per heavy atom. The molecule has 0 amide bonds. The van der Waals surface area contributed by atoms with Crippen LogP contribution in [0.4, 0.5) is 4.39 Å². The summed E-state index contributed by atoms with van der Waals surface area (Å²) >= 11 is 0. The molecule has 0 saturated heterocycles. The van der Waals surface area contributed by atoms with E-state index in [1.807, 2.05) is 18.2 Å². The number of ether oxygens (including phenoxy) is 2. The van der Waals surface area contributed by atoms with Gasteiger partial charge < -0.3 is 15.2 Å². The number of benzene rings is 2. The summed E-state index contributed by atoms with van der Waals surface area (Å²) in [5, 5.41) is 0. The van der Waals surface area contributed by atoms with Crippen molar-refractivity contribution in [1.29, 1.82) is 0 Å². The highest BCUT2D eigenvalue weighted by atomic mass is 19.1. The predicted molar refractivity (Wildman–Crippen MR) is 86.9 cm³/mol. The smallest absolute Gasteiger partial charge is 0.134 e. The van der Waals surface area contributed by atoms with E-state index < -0.39 is 0 Å². The van der Waals surface area contributed by atoms with Crippen molar-refractivity contribution in [1.82, 2.24) is 0 Å². The van der Waals surface area contributed by atoms with Crippen LogP contribution < -0.4 is 15.2 Å². The third-order valence-electron chi connectivity index (χ3n) is 3.84. The fraction of sp³-hybridized carbons (Fsp3) is 0.333. The van der Waals surface area contributed by atoms with Gasteiger partial charge in [0, 0.05) is 12.1 Å². The lowest BCUT2D eigenvalue weighted by Crippen LogP contribution is -2.30. The van der Waals surface area contributed by atoms with Crippen molar-refractivity contribution in [2.75, 3.05) is 13.7 Å². The average molecular weight is 303 g/mol. The van der Waals surface area contributed by atoms with Gasteiger partial charge in [-0.15, -0.1) is 0 Å². The fourth-order valence-corrected chi connectivity index (χ4v) is 2.76. The third-order valence-corrected chi connectivity index (χ3v) is 3.84. The van der Waals surface area contributed by atoms with Gasteiger partial charge in [-0.3, -0.25) is 0 Å². The lowest BCUT2D eigenvalue weighted by molar-refractivity contribution is 0.182. The van der Waals surface area contributed by atoms with E-state index in [2.05, 4.69) is 0 Å². The Hall–Kier alpha value is -2.07. The van der Waals surface area contributed by atoms with Gasteiger partial charge in [0.1, 0.15) is 23.4 Å². The van der Waals surface area contributed by atoms with E-state index in [0.717, 1.165) is 29.7 Å². The second kappa shape index (κ2) is 6.79. The molecule has 0 fully saturated rings. The Bertz CT molecular complexity index is 658. The van der Waals surface area contributed by atoms with Gasteiger partial charge in [0.2, 0.25) is 0 Å². The molecule has 3 nitrogen and oxygen atoms in total. The standard InChI is InChI=1S/C17H18FNO2.CH4/c1-20-15-7-3-6-14(18)16(15)13-5-2-4-11-8-9-12(10-19)21-17(11)13;/h2-7,12H,8-10,19H2,1H3;1H4/t12-;/m1./s1. The van der Waals surface area contributed by atoms with Gasteiger partial charge >= 0.3 is 0 Å². The van der Waals surface area contributed by atoms with E-state index in [1.165, 1.54) is 13.2 Å². The largest absolute Gasteiger partial charge is 0.496 e. The van der Waals surface area contributed by atoms with Gasteiger partial charge in [0.15, 0.2) is 0 Å². The van der Waals surface area contributed by atoms with Crippen molar-refractivity contribution >= 4 is 0 Å². The van der Waals surface area contributed by atoms with Crippen molar-refractivity contribution < 1.29 is 13.9 Å². The summed E-state index contributed by atoms with van der Waals surface area (Å²) < 4.78 is 25.6. The van der Waals surface area contributed by atoms with Crippen molar-refractivity contribution in [2.45, 2.75) is 26.4 Å². The van der Waals surface area contributed by atoms with Crippen LogP contribution in [-0.2, 0) is 6.42 Å². The number of methoxy groups -OCH3 is 1. The molecule has 1 heterocycles. The van der Waals surface area contributed by atoms with Crippen LogP contribution in [0, 0.1) is 5.82 Å². The number of fused-ring (bicyclic) bond motifs is 1. The molecule has 2 aromatic rings. The van der Waals surface area contributed by atoms with Crippen molar-refractivity contribution in [3.63, 3.8) is 0 Å². The number of rotatable bonds is 3. The Balaban J connectivity index is 0.00000176. The topological polar surface area (TPSA) is 44.5 Å². The molecule has 1 aliphatic rings. The van der Waals surface area contributed by atoms with Crippen molar-refractivity contribution in [3.8, 4) is 22.6 Å². The first-order chi connectivity index (χ1) is 10.2. The minimum atomic E-state index is -0.318. The average Bonchev–Trinajstić information content (AvgIpc) is 2.53. The van der Waals surface area contributed by atoms with E-state index in [-0.39, 0.29) is 19.3 Å². The first-order valence-electron chi connectivity index (χ1n) is 7.06. The molecule has 0 bridgehead atoms. The quantitative estimate of drug-likeness (QED) is 0.938. The molecular weight excluding hydrogens is 281 g/mol. The number of aryl methyl sites for hydroxylation is 1. The maximum Gasteiger partial charge on any atom is 0.134 e. The highest BCUT2D eigenvalue weighted by Crippen LogP contribution is 2.42. The zero-order valence-electron chi connectivity index (χ0n) is 11.9. The summed E-state index contributed by atoms with van der Waals surface area (Å²) in [5.41, 5.74) is 7.96. The zero-order chi connectivity index (χ0) is 14.8. The van der Waals surface area contributed by atoms with Crippen molar-refractivity contribution in [3.05, 3.63) is 47.8 Å². The lowest BCUT2D eigenvalue weighted by Gasteiger charge is -2.27. The molecule has 0 radical (unpaired) electrons. The van der Waals surface area contributed by atoms with Gasteiger partial charge in [0.05, 0.1) is 12.7 Å². The highest BCUT2D eigenvalue weighted by molar-refractivity contribution is 5.78. The van der Waals surface area contributed by atoms with Crippen LogP contribution in [0.1, 0.15) is 19.4 Å². The number of para-hydroxylation sites is 1. The molecule has 0 unspecified atom stereocenters. The molecule has 0 spiro atoms. The third kappa shape index (κ3) is 2.79. The van der Waals surface area contributed by atoms with Crippen LogP contribution in [0.3, 0.4) is 0 Å².